The zero-order chi connectivity index (χ0) is 12.0. The normalized spacial score (nSPS) is 11.4. The van der Waals surface area contributed by atoms with Crippen LogP contribution in [0.4, 0.5) is 0 Å². The number of hydrogen-bond donors (Lipinski definition) is 2. The Hall–Kier alpha value is -0.870. The van der Waals surface area contributed by atoms with Crippen LogP contribution in [-0.4, -0.2) is 24.2 Å². The van der Waals surface area contributed by atoms with Crippen molar-refractivity contribution >= 4 is 17.2 Å². The first-order chi connectivity index (χ1) is 7.55. The molecule has 0 saturated carbocycles. The van der Waals surface area contributed by atoms with E-state index in [2.05, 4.69) is 5.32 Å². The van der Waals surface area contributed by atoms with E-state index in [9.17, 15) is 4.79 Å². The maximum absolute atomic E-state index is 11.5. The third kappa shape index (κ3) is 4.33. The highest BCUT2D eigenvalue weighted by molar-refractivity contribution is 7.08. The molecule has 2 N–H and O–H groups in total. The number of carbonyl (C=O) groups is 1. The second kappa shape index (κ2) is 6.01. The zero-order valence-electron chi connectivity index (χ0n) is 9.82. The number of rotatable bonds is 6. The zero-order valence-corrected chi connectivity index (χ0v) is 10.6. The number of nitrogens with one attached hydrogen (secondary N) is 1. The summed E-state index contributed by atoms with van der Waals surface area (Å²) in [6.45, 7) is 4.89. The van der Waals surface area contributed by atoms with Crippen molar-refractivity contribution in [2.75, 3.05) is 13.2 Å². The fourth-order valence-electron chi connectivity index (χ4n) is 1.34. The SMILES string of the molecule is CC(C)(CO)CCCNC(=O)c1ccsc1. The molecule has 90 valence electrons. The van der Waals surface area contributed by atoms with Gasteiger partial charge in [0.15, 0.2) is 0 Å². The monoisotopic (exact) mass is 241 g/mol. The summed E-state index contributed by atoms with van der Waals surface area (Å²) in [6, 6.07) is 1.82. The molecule has 4 heteroatoms. The number of aliphatic hydroxyl groups is 1. The molecule has 0 bridgehead atoms. The minimum absolute atomic E-state index is 0.0111. The Balaban J connectivity index is 2.19. The summed E-state index contributed by atoms with van der Waals surface area (Å²) in [5.41, 5.74) is 0.680. The predicted molar refractivity (Wildman–Crippen MR) is 66.8 cm³/mol. The van der Waals surface area contributed by atoms with Crippen LogP contribution in [0.25, 0.3) is 0 Å². The van der Waals surface area contributed by atoms with Gasteiger partial charge >= 0.3 is 0 Å². The van der Waals surface area contributed by atoms with Gasteiger partial charge in [-0.25, -0.2) is 0 Å². The lowest BCUT2D eigenvalue weighted by Gasteiger charge is -2.21. The van der Waals surface area contributed by atoms with E-state index in [1.165, 1.54) is 11.3 Å². The highest BCUT2D eigenvalue weighted by atomic mass is 32.1. The molecule has 1 heterocycles. The quantitative estimate of drug-likeness (QED) is 0.751. The summed E-state index contributed by atoms with van der Waals surface area (Å²) in [6.07, 6.45) is 1.80. The lowest BCUT2D eigenvalue weighted by molar-refractivity contribution is 0.0949. The van der Waals surface area contributed by atoms with Gasteiger partial charge in [-0.3, -0.25) is 4.79 Å². The molecule has 0 spiro atoms. The molecule has 0 saturated heterocycles. The second-order valence-electron chi connectivity index (χ2n) is 4.69. The molecular formula is C12H19NO2S. The van der Waals surface area contributed by atoms with Gasteiger partial charge in [0.1, 0.15) is 0 Å². The van der Waals surface area contributed by atoms with Crippen LogP contribution in [0.1, 0.15) is 37.0 Å². The molecule has 1 rings (SSSR count). The summed E-state index contributed by atoms with van der Waals surface area (Å²) >= 11 is 1.52. The fraction of sp³-hybridized carbons (Fsp3) is 0.583. The lowest BCUT2D eigenvalue weighted by Crippen LogP contribution is -2.26. The van der Waals surface area contributed by atoms with E-state index in [0.29, 0.717) is 6.54 Å². The molecule has 0 atom stereocenters. The molecule has 0 unspecified atom stereocenters. The van der Waals surface area contributed by atoms with Crippen molar-refractivity contribution in [3.05, 3.63) is 22.4 Å². The summed E-state index contributed by atoms with van der Waals surface area (Å²) in [5.74, 6) is -0.0111. The van der Waals surface area contributed by atoms with Crippen LogP contribution < -0.4 is 5.32 Å². The van der Waals surface area contributed by atoms with E-state index in [1.807, 2.05) is 30.7 Å². The van der Waals surface area contributed by atoms with Crippen molar-refractivity contribution < 1.29 is 9.90 Å². The van der Waals surface area contributed by atoms with E-state index in [-0.39, 0.29) is 17.9 Å². The summed E-state index contributed by atoms with van der Waals surface area (Å²) < 4.78 is 0. The summed E-state index contributed by atoms with van der Waals surface area (Å²) in [7, 11) is 0. The smallest absolute Gasteiger partial charge is 0.252 e. The van der Waals surface area contributed by atoms with Crippen molar-refractivity contribution in [2.45, 2.75) is 26.7 Å². The Kier molecular flexibility index (Phi) is 4.96. The maximum Gasteiger partial charge on any atom is 0.252 e. The van der Waals surface area contributed by atoms with Crippen molar-refractivity contribution in [1.29, 1.82) is 0 Å². The number of aliphatic hydroxyl groups excluding tert-OH is 1. The molecule has 0 aliphatic rings. The average molecular weight is 241 g/mol. The fourth-order valence-corrected chi connectivity index (χ4v) is 1.98. The van der Waals surface area contributed by atoms with Gasteiger partial charge in [-0.15, -0.1) is 0 Å². The third-order valence-electron chi connectivity index (χ3n) is 2.53. The Morgan fingerprint density at radius 1 is 1.56 bits per heavy atom. The van der Waals surface area contributed by atoms with E-state index in [0.717, 1.165) is 18.4 Å². The minimum Gasteiger partial charge on any atom is -0.396 e. The molecule has 0 radical (unpaired) electrons. The molecule has 0 aliphatic heterocycles. The van der Waals surface area contributed by atoms with Gasteiger partial charge in [-0.1, -0.05) is 13.8 Å². The van der Waals surface area contributed by atoms with Gasteiger partial charge in [0.25, 0.3) is 5.91 Å². The molecule has 0 fully saturated rings. The van der Waals surface area contributed by atoms with Gasteiger partial charge in [0.2, 0.25) is 0 Å². The Morgan fingerprint density at radius 2 is 2.31 bits per heavy atom. The molecule has 3 nitrogen and oxygen atoms in total. The van der Waals surface area contributed by atoms with E-state index in [4.69, 9.17) is 5.11 Å². The number of carbonyl (C=O) groups excluding carboxylic acids is 1. The van der Waals surface area contributed by atoms with E-state index >= 15 is 0 Å². The topological polar surface area (TPSA) is 49.3 Å². The van der Waals surface area contributed by atoms with Gasteiger partial charge < -0.3 is 10.4 Å². The highest BCUT2D eigenvalue weighted by Crippen LogP contribution is 2.20. The highest BCUT2D eigenvalue weighted by Gasteiger charge is 2.15. The predicted octanol–water partition coefficient (Wildman–Crippen LogP) is 2.28. The van der Waals surface area contributed by atoms with Gasteiger partial charge in [0.05, 0.1) is 0 Å². The van der Waals surface area contributed by atoms with E-state index < -0.39 is 0 Å². The number of thiophene rings is 1. The van der Waals surface area contributed by atoms with Gasteiger partial charge in [-0.05, 0) is 29.7 Å². The molecule has 16 heavy (non-hydrogen) atoms. The van der Waals surface area contributed by atoms with Gasteiger partial charge in [-0.2, -0.15) is 11.3 Å². The molecule has 1 amide bonds. The molecule has 0 aliphatic carbocycles. The molecule has 1 aromatic rings. The van der Waals surface area contributed by atoms with Crippen LogP contribution in [-0.2, 0) is 0 Å². The van der Waals surface area contributed by atoms with Crippen LogP contribution in [0, 0.1) is 5.41 Å². The minimum atomic E-state index is -0.0485. The Labute approximate surface area is 100 Å². The van der Waals surface area contributed by atoms with Crippen LogP contribution in [0.15, 0.2) is 16.8 Å². The lowest BCUT2D eigenvalue weighted by atomic mass is 9.89. The number of amides is 1. The second-order valence-corrected chi connectivity index (χ2v) is 5.47. The maximum atomic E-state index is 11.5. The van der Waals surface area contributed by atoms with Crippen LogP contribution in [0.3, 0.4) is 0 Å². The van der Waals surface area contributed by atoms with Crippen molar-refractivity contribution in [3.8, 4) is 0 Å². The average Bonchev–Trinajstić information content (AvgIpc) is 2.77. The van der Waals surface area contributed by atoms with Crippen LogP contribution >= 0.6 is 11.3 Å². The summed E-state index contributed by atoms with van der Waals surface area (Å²) in [5, 5.41) is 15.7. The third-order valence-corrected chi connectivity index (χ3v) is 3.21. The van der Waals surface area contributed by atoms with Crippen molar-refractivity contribution in [1.82, 2.24) is 5.32 Å². The first-order valence-electron chi connectivity index (χ1n) is 5.46. The van der Waals surface area contributed by atoms with Gasteiger partial charge in [0, 0.05) is 24.1 Å². The standard InChI is InChI=1S/C12H19NO2S/c1-12(2,9-14)5-3-6-13-11(15)10-4-7-16-8-10/h4,7-8,14H,3,5-6,9H2,1-2H3,(H,13,15). The van der Waals surface area contributed by atoms with Crippen LogP contribution in [0.2, 0.25) is 0 Å². The van der Waals surface area contributed by atoms with E-state index in [1.54, 1.807) is 0 Å². The van der Waals surface area contributed by atoms with Crippen molar-refractivity contribution in [3.63, 3.8) is 0 Å². The Bertz CT molecular complexity index is 320. The van der Waals surface area contributed by atoms with Crippen LogP contribution in [0.5, 0.6) is 0 Å². The van der Waals surface area contributed by atoms with Crippen molar-refractivity contribution in [2.24, 2.45) is 5.41 Å². The largest absolute Gasteiger partial charge is 0.396 e. The first-order valence-corrected chi connectivity index (χ1v) is 6.41. The molecular weight excluding hydrogens is 222 g/mol. The number of hydrogen-bond acceptors (Lipinski definition) is 3. The summed E-state index contributed by atoms with van der Waals surface area (Å²) in [4.78, 5) is 11.5. The Morgan fingerprint density at radius 3 is 2.88 bits per heavy atom. The first kappa shape index (κ1) is 13.2. The molecule has 1 aromatic heterocycles. The molecule has 0 aromatic carbocycles.